The second-order valence-electron chi connectivity index (χ2n) is 4.36. The molecule has 1 aromatic rings. The van der Waals surface area contributed by atoms with E-state index in [0.717, 1.165) is 36.3 Å². The Morgan fingerprint density at radius 1 is 1.24 bits per heavy atom. The minimum atomic E-state index is -1.12. The lowest BCUT2D eigenvalue weighted by molar-refractivity contribution is 0.135. The van der Waals surface area contributed by atoms with Crippen molar-refractivity contribution in [1.29, 1.82) is 0 Å². The predicted octanol–water partition coefficient (Wildman–Crippen LogP) is 2.11. The van der Waals surface area contributed by atoms with Gasteiger partial charge in [-0.05, 0) is 37.1 Å². The van der Waals surface area contributed by atoms with Crippen LogP contribution >= 0.6 is 0 Å². The van der Waals surface area contributed by atoms with E-state index in [4.69, 9.17) is 4.74 Å². The summed E-state index contributed by atoms with van der Waals surface area (Å²) in [5.41, 5.74) is 0. The second kappa shape index (κ2) is 5.65. The van der Waals surface area contributed by atoms with Crippen LogP contribution in [0.3, 0.4) is 0 Å². The summed E-state index contributed by atoms with van der Waals surface area (Å²) in [6.07, 6.45) is 3.29. The number of rotatable bonds is 3. The highest BCUT2D eigenvalue weighted by molar-refractivity contribution is 7.85. The zero-order valence-electron chi connectivity index (χ0n) is 9.96. The Morgan fingerprint density at radius 3 is 2.47 bits per heavy atom. The molecule has 0 amide bonds. The first-order valence-corrected chi connectivity index (χ1v) is 7.16. The van der Waals surface area contributed by atoms with Crippen molar-refractivity contribution in [3.63, 3.8) is 0 Å². The van der Waals surface area contributed by atoms with Gasteiger partial charge in [-0.2, -0.15) is 0 Å². The summed E-state index contributed by atoms with van der Waals surface area (Å²) in [7, 11) is 0.492. The number of hydrogen-bond acceptors (Lipinski definition) is 3. The lowest BCUT2D eigenvalue weighted by Gasteiger charge is -2.26. The van der Waals surface area contributed by atoms with Crippen LogP contribution in [0.15, 0.2) is 29.2 Å². The van der Waals surface area contributed by atoms with Crippen molar-refractivity contribution in [3.8, 4) is 5.75 Å². The van der Waals surface area contributed by atoms with Gasteiger partial charge in [0, 0.05) is 4.90 Å². The van der Waals surface area contributed by atoms with Crippen molar-refractivity contribution in [3.05, 3.63) is 24.3 Å². The maximum absolute atomic E-state index is 12.3. The van der Waals surface area contributed by atoms with E-state index < -0.39 is 16.9 Å². The molecule has 1 N–H and O–H groups in total. The summed E-state index contributed by atoms with van der Waals surface area (Å²) in [6.45, 7) is 0. The number of aliphatic hydroxyl groups excluding tert-OH is 1. The van der Waals surface area contributed by atoms with E-state index >= 15 is 0 Å². The highest BCUT2D eigenvalue weighted by Crippen LogP contribution is 2.27. The predicted molar refractivity (Wildman–Crippen MR) is 67.7 cm³/mol. The Balaban J connectivity index is 2.12. The Bertz CT molecular complexity index is 388. The Labute approximate surface area is 104 Å². The van der Waals surface area contributed by atoms with Crippen LogP contribution in [0.25, 0.3) is 0 Å². The van der Waals surface area contributed by atoms with Gasteiger partial charge in [-0.15, -0.1) is 0 Å². The summed E-state index contributed by atoms with van der Waals surface area (Å²) in [5.74, 6) is 0.759. The number of methoxy groups -OCH3 is 1. The minimum Gasteiger partial charge on any atom is -0.497 e. The molecular weight excluding hydrogens is 236 g/mol. The summed E-state index contributed by atoms with van der Waals surface area (Å²) in [6, 6.07) is 7.25. The minimum absolute atomic E-state index is 0.114. The average Bonchev–Trinajstić information content (AvgIpc) is 2.39. The largest absolute Gasteiger partial charge is 0.497 e. The van der Waals surface area contributed by atoms with E-state index in [2.05, 4.69) is 0 Å². The van der Waals surface area contributed by atoms with Crippen LogP contribution < -0.4 is 4.74 Å². The van der Waals surface area contributed by atoms with Crippen molar-refractivity contribution in [1.82, 2.24) is 0 Å². The molecule has 0 bridgehead atoms. The van der Waals surface area contributed by atoms with E-state index in [1.165, 1.54) is 0 Å². The van der Waals surface area contributed by atoms with Crippen LogP contribution in [0, 0.1) is 0 Å². The van der Waals surface area contributed by atoms with Gasteiger partial charge in [0.15, 0.2) is 0 Å². The molecule has 17 heavy (non-hydrogen) atoms. The number of ether oxygens (including phenoxy) is 1. The molecule has 0 radical (unpaired) electrons. The van der Waals surface area contributed by atoms with Crippen LogP contribution in [0.4, 0.5) is 0 Å². The van der Waals surface area contributed by atoms with Crippen LogP contribution in [-0.4, -0.2) is 27.8 Å². The summed E-state index contributed by atoms with van der Waals surface area (Å²) < 4.78 is 17.4. The molecule has 3 nitrogen and oxygen atoms in total. The van der Waals surface area contributed by atoms with Crippen molar-refractivity contribution in [2.75, 3.05) is 7.11 Å². The van der Waals surface area contributed by atoms with Crippen molar-refractivity contribution in [2.24, 2.45) is 0 Å². The van der Waals surface area contributed by atoms with Crippen molar-refractivity contribution >= 4 is 10.8 Å². The van der Waals surface area contributed by atoms with Gasteiger partial charge in [0.25, 0.3) is 0 Å². The van der Waals surface area contributed by atoms with Crippen LogP contribution in [-0.2, 0) is 10.8 Å². The monoisotopic (exact) mass is 254 g/mol. The molecule has 1 aliphatic carbocycles. The van der Waals surface area contributed by atoms with Gasteiger partial charge < -0.3 is 9.84 Å². The fourth-order valence-electron chi connectivity index (χ4n) is 2.21. The molecule has 0 saturated heterocycles. The molecule has 4 heteroatoms. The third kappa shape index (κ3) is 2.87. The number of aliphatic hydroxyl groups is 1. The smallest absolute Gasteiger partial charge is 0.118 e. The molecular formula is C13H18O3S. The third-order valence-electron chi connectivity index (χ3n) is 3.23. The summed E-state index contributed by atoms with van der Waals surface area (Å²) >= 11 is 0. The Hall–Kier alpha value is -0.870. The molecule has 0 aliphatic heterocycles. The first-order valence-electron chi connectivity index (χ1n) is 5.95. The molecule has 1 fully saturated rings. The first kappa shape index (κ1) is 12.6. The maximum atomic E-state index is 12.3. The molecule has 3 unspecified atom stereocenters. The number of hydrogen-bond donors (Lipinski definition) is 1. The maximum Gasteiger partial charge on any atom is 0.118 e. The van der Waals surface area contributed by atoms with Crippen LogP contribution in [0.1, 0.15) is 25.7 Å². The lowest BCUT2D eigenvalue weighted by atomic mass is 9.97. The number of benzene rings is 1. The Kier molecular flexibility index (Phi) is 4.18. The molecule has 1 aromatic carbocycles. The zero-order valence-corrected chi connectivity index (χ0v) is 10.8. The molecule has 2 rings (SSSR count). The molecule has 3 atom stereocenters. The molecule has 1 saturated carbocycles. The lowest BCUT2D eigenvalue weighted by Crippen LogP contribution is -2.33. The van der Waals surface area contributed by atoms with E-state index in [9.17, 15) is 9.32 Å². The van der Waals surface area contributed by atoms with Gasteiger partial charge >= 0.3 is 0 Å². The summed E-state index contributed by atoms with van der Waals surface area (Å²) in [4.78, 5) is 0.775. The second-order valence-corrected chi connectivity index (χ2v) is 6.03. The Morgan fingerprint density at radius 2 is 1.88 bits per heavy atom. The van der Waals surface area contributed by atoms with Gasteiger partial charge in [0.05, 0.1) is 29.3 Å². The highest BCUT2D eigenvalue weighted by atomic mass is 32.2. The third-order valence-corrected chi connectivity index (χ3v) is 5.07. The average molecular weight is 254 g/mol. The normalized spacial score (nSPS) is 26.5. The van der Waals surface area contributed by atoms with Gasteiger partial charge in [0.1, 0.15) is 5.75 Å². The van der Waals surface area contributed by atoms with Crippen molar-refractivity contribution < 1.29 is 14.1 Å². The van der Waals surface area contributed by atoms with Crippen molar-refractivity contribution in [2.45, 2.75) is 41.9 Å². The SMILES string of the molecule is COc1ccc(S(=O)C2CCCCC2O)cc1. The fraction of sp³-hybridized carbons (Fsp3) is 0.538. The topological polar surface area (TPSA) is 46.5 Å². The molecule has 1 aliphatic rings. The van der Waals surface area contributed by atoms with E-state index in [1.807, 2.05) is 24.3 Å². The molecule has 94 valence electrons. The van der Waals surface area contributed by atoms with Gasteiger partial charge in [-0.1, -0.05) is 12.8 Å². The molecule has 0 spiro atoms. The molecule has 0 heterocycles. The van der Waals surface area contributed by atoms with Gasteiger partial charge in [-0.3, -0.25) is 4.21 Å². The quantitative estimate of drug-likeness (QED) is 0.898. The van der Waals surface area contributed by atoms with E-state index in [1.54, 1.807) is 7.11 Å². The van der Waals surface area contributed by atoms with Crippen LogP contribution in [0.2, 0.25) is 0 Å². The molecule has 0 aromatic heterocycles. The zero-order chi connectivity index (χ0) is 12.3. The van der Waals surface area contributed by atoms with E-state index in [-0.39, 0.29) is 5.25 Å². The fourth-order valence-corrected chi connectivity index (χ4v) is 3.77. The first-order chi connectivity index (χ1) is 8.22. The summed E-state index contributed by atoms with van der Waals surface area (Å²) in [5, 5.41) is 9.77. The van der Waals surface area contributed by atoms with Gasteiger partial charge in [-0.25, -0.2) is 0 Å². The van der Waals surface area contributed by atoms with Gasteiger partial charge in [0.2, 0.25) is 0 Å². The highest BCUT2D eigenvalue weighted by Gasteiger charge is 2.28. The van der Waals surface area contributed by atoms with Crippen LogP contribution in [0.5, 0.6) is 5.75 Å². The van der Waals surface area contributed by atoms with E-state index in [0.29, 0.717) is 0 Å². The standard InChI is InChI=1S/C13H18O3S/c1-16-10-6-8-11(9-7-10)17(15)13-5-3-2-4-12(13)14/h6-9,12-14H,2-5H2,1H3.